The molecule has 0 aliphatic carbocycles. The Kier molecular flexibility index (Phi) is 3.41. The van der Waals surface area contributed by atoms with Gasteiger partial charge in [0.1, 0.15) is 0 Å². The van der Waals surface area contributed by atoms with Gasteiger partial charge in [0.15, 0.2) is 0 Å². The Bertz CT molecular complexity index is 244. The van der Waals surface area contributed by atoms with Gasteiger partial charge in [0.05, 0.1) is 30.7 Å². The third-order valence-corrected chi connectivity index (χ3v) is 3.11. The van der Waals surface area contributed by atoms with E-state index in [2.05, 4.69) is 0 Å². The van der Waals surface area contributed by atoms with E-state index in [1.54, 1.807) is 12.0 Å². The molecule has 1 N–H and O–H groups in total. The van der Waals surface area contributed by atoms with Gasteiger partial charge >= 0.3 is 0 Å². The molecule has 15 heavy (non-hydrogen) atoms. The lowest BCUT2D eigenvalue weighted by atomic mass is 9.90. The van der Waals surface area contributed by atoms with Gasteiger partial charge in [-0.25, -0.2) is 0 Å². The summed E-state index contributed by atoms with van der Waals surface area (Å²) in [7, 11) is 1.60. The van der Waals surface area contributed by atoms with Gasteiger partial charge in [-0.3, -0.25) is 4.79 Å². The van der Waals surface area contributed by atoms with Crippen molar-refractivity contribution in [3.8, 4) is 0 Å². The van der Waals surface area contributed by atoms with Gasteiger partial charge in [-0.2, -0.15) is 0 Å². The van der Waals surface area contributed by atoms with Crippen LogP contribution in [0.4, 0.5) is 0 Å². The van der Waals surface area contributed by atoms with Gasteiger partial charge in [-0.05, 0) is 20.3 Å². The molecule has 1 fully saturated rings. The fourth-order valence-electron chi connectivity index (χ4n) is 1.61. The molecule has 0 aromatic heterocycles. The lowest BCUT2D eigenvalue weighted by Crippen LogP contribution is -2.63. The Labute approximate surface area is 91.2 Å². The van der Waals surface area contributed by atoms with Crippen molar-refractivity contribution in [3.05, 3.63) is 0 Å². The lowest BCUT2D eigenvalue weighted by molar-refractivity contribution is -0.160. The topological polar surface area (TPSA) is 49.8 Å². The number of aliphatic hydroxyl groups is 1. The summed E-state index contributed by atoms with van der Waals surface area (Å²) in [5.74, 6) is 0.0555. The number of ether oxygens (including phenoxy) is 1. The number of hydrogen-bond acceptors (Lipinski definition) is 3. The highest BCUT2D eigenvalue weighted by Gasteiger charge is 2.42. The Morgan fingerprint density at radius 2 is 2.07 bits per heavy atom. The smallest absolute Gasteiger partial charge is 0.225 e. The first kappa shape index (κ1) is 12.5. The fourth-order valence-corrected chi connectivity index (χ4v) is 1.61. The van der Waals surface area contributed by atoms with Crippen LogP contribution < -0.4 is 0 Å². The number of rotatable bonds is 4. The second kappa shape index (κ2) is 4.10. The van der Waals surface area contributed by atoms with Crippen LogP contribution in [0.15, 0.2) is 0 Å². The molecule has 0 aromatic rings. The molecule has 1 aliphatic rings. The Hall–Kier alpha value is -0.610. The number of amides is 1. The summed E-state index contributed by atoms with van der Waals surface area (Å²) >= 11 is 0. The molecule has 1 heterocycles. The number of likely N-dealkylation sites (tertiary alicyclic amines) is 1. The van der Waals surface area contributed by atoms with Gasteiger partial charge in [-0.15, -0.1) is 0 Å². The van der Waals surface area contributed by atoms with Crippen LogP contribution in [0.3, 0.4) is 0 Å². The maximum Gasteiger partial charge on any atom is 0.225 e. The third-order valence-electron chi connectivity index (χ3n) is 3.11. The zero-order valence-electron chi connectivity index (χ0n) is 10.0. The normalized spacial score (nSPS) is 19.9. The summed E-state index contributed by atoms with van der Waals surface area (Å²) < 4.78 is 5.20. The Morgan fingerprint density at radius 1 is 1.53 bits per heavy atom. The van der Waals surface area contributed by atoms with Gasteiger partial charge < -0.3 is 14.7 Å². The summed E-state index contributed by atoms with van der Waals surface area (Å²) in [5, 5.41) is 9.77. The van der Waals surface area contributed by atoms with Crippen LogP contribution in [0.2, 0.25) is 0 Å². The Morgan fingerprint density at radius 3 is 2.47 bits per heavy atom. The maximum atomic E-state index is 11.7. The van der Waals surface area contributed by atoms with Crippen molar-refractivity contribution in [1.82, 2.24) is 4.90 Å². The average molecular weight is 215 g/mol. The van der Waals surface area contributed by atoms with Crippen LogP contribution in [0.1, 0.15) is 33.6 Å². The standard InChI is InChI=1S/C11H21NO3/c1-5-11(14)7-12(8-11)9(13)6-10(2,3)15-4/h14H,5-8H2,1-4H3. The summed E-state index contributed by atoms with van der Waals surface area (Å²) in [6, 6.07) is 0. The molecule has 0 aromatic carbocycles. The maximum absolute atomic E-state index is 11.7. The van der Waals surface area contributed by atoms with Crippen molar-refractivity contribution in [2.24, 2.45) is 0 Å². The predicted molar refractivity (Wildman–Crippen MR) is 57.5 cm³/mol. The van der Waals surface area contributed by atoms with Crippen LogP contribution >= 0.6 is 0 Å². The second-order valence-corrected chi connectivity index (χ2v) is 4.97. The van der Waals surface area contributed by atoms with Crippen LogP contribution in [-0.4, -0.2) is 47.3 Å². The molecule has 0 saturated carbocycles. The van der Waals surface area contributed by atoms with E-state index in [0.717, 1.165) is 0 Å². The summed E-state index contributed by atoms with van der Waals surface area (Å²) in [6.45, 7) is 6.62. The first-order chi connectivity index (χ1) is 6.82. The zero-order chi connectivity index (χ0) is 11.7. The van der Waals surface area contributed by atoms with E-state index in [-0.39, 0.29) is 5.91 Å². The highest BCUT2D eigenvalue weighted by Crippen LogP contribution is 2.26. The summed E-state index contributed by atoms with van der Waals surface area (Å²) in [4.78, 5) is 13.4. The molecule has 0 spiro atoms. The van der Waals surface area contributed by atoms with Crippen molar-refractivity contribution < 1.29 is 14.6 Å². The molecule has 88 valence electrons. The third kappa shape index (κ3) is 2.92. The largest absolute Gasteiger partial charge is 0.386 e. The first-order valence-corrected chi connectivity index (χ1v) is 5.37. The molecule has 0 radical (unpaired) electrons. The monoisotopic (exact) mass is 215 g/mol. The molecule has 0 bridgehead atoms. The van der Waals surface area contributed by atoms with E-state index < -0.39 is 11.2 Å². The average Bonchev–Trinajstić information content (AvgIpc) is 2.12. The van der Waals surface area contributed by atoms with E-state index in [0.29, 0.717) is 25.9 Å². The van der Waals surface area contributed by atoms with Gasteiger partial charge in [0.25, 0.3) is 0 Å². The van der Waals surface area contributed by atoms with Crippen molar-refractivity contribution in [2.45, 2.75) is 44.8 Å². The minimum atomic E-state index is -0.646. The van der Waals surface area contributed by atoms with Crippen molar-refractivity contribution in [2.75, 3.05) is 20.2 Å². The van der Waals surface area contributed by atoms with Gasteiger partial charge in [-0.1, -0.05) is 6.92 Å². The van der Waals surface area contributed by atoms with Gasteiger partial charge in [0, 0.05) is 7.11 Å². The minimum absolute atomic E-state index is 0.0555. The van der Waals surface area contributed by atoms with Gasteiger partial charge in [0.2, 0.25) is 5.91 Å². The highest BCUT2D eigenvalue weighted by atomic mass is 16.5. The van der Waals surface area contributed by atoms with E-state index in [1.807, 2.05) is 20.8 Å². The number of nitrogens with zero attached hydrogens (tertiary/aromatic N) is 1. The predicted octanol–water partition coefficient (Wildman–Crippen LogP) is 0.785. The SMILES string of the molecule is CCC1(O)CN(C(=O)CC(C)(C)OC)C1. The summed E-state index contributed by atoms with van der Waals surface area (Å²) in [6.07, 6.45) is 1.06. The van der Waals surface area contributed by atoms with Crippen LogP contribution in [0.5, 0.6) is 0 Å². The molecule has 1 aliphatic heterocycles. The van der Waals surface area contributed by atoms with E-state index >= 15 is 0 Å². The molecule has 0 unspecified atom stereocenters. The summed E-state index contributed by atoms with van der Waals surface area (Å²) in [5.41, 5.74) is -1.07. The van der Waals surface area contributed by atoms with E-state index in [1.165, 1.54) is 0 Å². The van der Waals surface area contributed by atoms with Crippen LogP contribution in [-0.2, 0) is 9.53 Å². The zero-order valence-corrected chi connectivity index (χ0v) is 10.0. The first-order valence-electron chi connectivity index (χ1n) is 5.37. The number of hydrogen-bond donors (Lipinski definition) is 1. The van der Waals surface area contributed by atoms with Crippen LogP contribution in [0.25, 0.3) is 0 Å². The quantitative estimate of drug-likeness (QED) is 0.754. The molecule has 0 atom stereocenters. The molecule has 4 nitrogen and oxygen atoms in total. The molecule has 4 heteroatoms. The minimum Gasteiger partial charge on any atom is -0.386 e. The fraction of sp³-hybridized carbons (Fsp3) is 0.909. The lowest BCUT2D eigenvalue weighted by Gasteiger charge is -2.46. The highest BCUT2D eigenvalue weighted by molar-refractivity contribution is 5.78. The molecular formula is C11H21NO3. The number of carbonyl (C=O) groups is 1. The number of carbonyl (C=O) groups excluding carboxylic acids is 1. The van der Waals surface area contributed by atoms with Crippen molar-refractivity contribution >= 4 is 5.91 Å². The van der Waals surface area contributed by atoms with E-state index in [9.17, 15) is 9.90 Å². The van der Waals surface area contributed by atoms with Crippen LogP contribution in [0, 0.1) is 0 Å². The second-order valence-electron chi connectivity index (χ2n) is 4.97. The van der Waals surface area contributed by atoms with E-state index in [4.69, 9.17) is 4.74 Å². The van der Waals surface area contributed by atoms with Crippen molar-refractivity contribution in [1.29, 1.82) is 0 Å². The number of β-amino-alcohol motifs (C(OH)–C–C–N with tert-alkyl or cyclic N) is 1. The number of methoxy groups -OCH3 is 1. The van der Waals surface area contributed by atoms with Crippen molar-refractivity contribution in [3.63, 3.8) is 0 Å². The Balaban J connectivity index is 2.39. The molecule has 1 rings (SSSR count). The molecular weight excluding hydrogens is 194 g/mol. The molecule has 1 saturated heterocycles. The molecule has 1 amide bonds.